The van der Waals surface area contributed by atoms with E-state index in [1.165, 1.54) is 0 Å². The van der Waals surface area contributed by atoms with Gasteiger partial charge in [0.2, 0.25) is 0 Å². The molecule has 1 aromatic carbocycles. The lowest BCUT2D eigenvalue weighted by atomic mass is 10.2. The van der Waals surface area contributed by atoms with Crippen LogP contribution in [0.3, 0.4) is 0 Å². The summed E-state index contributed by atoms with van der Waals surface area (Å²) in [4.78, 5) is 1.71. The van der Waals surface area contributed by atoms with Crippen molar-refractivity contribution in [2.24, 2.45) is 5.73 Å². The zero-order valence-electron chi connectivity index (χ0n) is 9.23. The lowest BCUT2D eigenvalue weighted by molar-refractivity contribution is 0.0257. The molecule has 98 valence electrons. The van der Waals surface area contributed by atoms with Crippen LogP contribution in [0.2, 0.25) is 0 Å². The van der Waals surface area contributed by atoms with Gasteiger partial charge in [0.25, 0.3) is 5.92 Å². The molecule has 2 N–H and O–H groups in total. The minimum Gasteiger partial charge on any atom is -0.365 e. The lowest BCUT2D eigenvalue weighted by Crippen LogP contribution is -2.24. The van der Waals surface area contributed by atoms with Gasteiger partial charge in [-0.15, -0.1) is 24.8 Å². The Morgan fingerprint density at radius 2 is 1.76 bits per heavy atom. The number of benzene rings is 1. The van der Waals surface area contributed by atoms with Gasteiger partial charge in [-0.25, -0.2) is 8.78 Å². The number of alkyl halides is 2. The van der Waals surface area contributed by atoms with Gasteiger partial charge in [-0.05, 0) is 17.7 Å². The molecule has 1 aliphatic rings. The first kappa shape index (κ1) is 16.4. The molecule has 0 saturated carbocycles. The molecule has 6 heteroatoms. The van der Waals surface area contributed by atoms with E-state index in [9.17, 15) is 8.78 Å². The number of halogens is 4. The molecule has 1 saturated heterocycles. The molecule has 17 heavy (non-hydrogen) atoms. The van der Waals surface area contributed by atoms with Crippen molar-refractivity contribution in [3.05, 3.63) is 29.8 Å². The topological polar surface area (TPSA) is 29.3 Å². The normalized spacial score (nSPS) is 17.2. The molecular weight excluding hydrogens is 269 g/mol. The van der Waals surface area contributed by atoms with E-state index in [2.05, 4.69) is 0 Å². The van der Waals surface area contributed by atoms with Crippen molar-refractivity contribution < 1.29 is 8.78 Å². The van der Waals surface area contributed by atoms with E-state index in [1.807, 2.05) is 24.3 Å². The molecule has 2 rings (SSSR count). The van der Waals surface area contributed by atoms with Crippen molar-refractivity contribution in [2.45, 2.75) is 18.9 Å². The van der Waals surface area contributed by atoms with Gasteiger partial charge in [0.1, 0.15) is 0 Å². The lowest BCUT2D eigenvalue weighted by Gasteiger charge is -2.18. The summed E-state index contributed by atoms with van der Waals surface area (Å²) in [6.07, 6.45) is -0.0500. The van der Waals surface area contributed by atoms with Crippen molar-refractivity contribution in [1.29, 1.82) is 0 Å². The molecule has 0 atom stereocenters. The summed E-state index contributed by atoms with van der Waals surface area (Å²) in [5, 5.41) is 0. The zero-order chi connectivity index (χ0) is 10.9. The fraction of sp³-hybridized carbons (Fsp3) is 0.455. The van der Waals surface area contributed by atoms with Crippen molar-refractivity contribution in [1.82, 2.24) is 0 Å². The van der Waals surface area contributed by atoms with Crippen LogP contribution < -0.4 is 10.6 Å². The first-order valence-electron chi connectivity index (χ1n) is 5.02. The highest BCUT2D eigenvalue weighted by atomic mass is 35.5. The van der Waals surface area contributed by atoms with Crippen LogP contribution in [0.1, 0.15) is 12.0 Å². The van der Waals surface area contributed by atoms with Gasteiger partial charge in [0.15, 0.2) is 0 Å². The summed E-state index contributed by atoms with van der Waals surface area (Å²) in [6, 6.07) is 7.46. The largest absolute Gasteiger partial charge is 0.365 e. The molecule has 1 fully saturated rings. The Morgan fingerprint density at radius 3 is 2.18 bits per heavy atom. The number of nitrogens with two attached hydrogens (primary N) is 1. The average molecular weight is 285 g/mol. The van der Waals surface area contributed by atoms with Crippen LogP contribution in [0, 0.1) is 0 Å². The third-order valence-corrected chi connectivity index (χ3v) is 2.71. The molecule has 0 spiro atoms. The first-order valence-corrected chi connectivity index (χ1v) is 5.02. The second-order valence-corrected chi connectivity index (χ2v) is 3.90. The number of anilines is 1. The molecule has 0 bridgehead atoms. The molecule has 0 unspecified atom stereocenters. The minimum absolute atomic E-state index is 0. The SMILES string of the molecule is Cl.Cl.NCc1ccc(N2CCC(F)(F)C2)cc1. The zero-order valence-corrected chi connectivity index (χ0v) is 10.9. The van der Waals surface area contributed by atoms with Crippen molar-refractivity contribution in [3.63, 3.8) is 0 Å². The quantitative estimate of drug-likeness (QED) is 0.905. The van der Waals surface area contributed by atoms with Crippen LogP contribution in [-0.2, 0) is 6.54 Å². The van der Waals surface area contributed by atoms with Gasteiger partial charge in [0, 0.05) is 25.2 Å². The fourth-order valence-corrected chi connectivity index (χ4v) is 1.80. The number of hydrogen-bond acceptors (Lipinski definition) is 2. The van der Waals surface area contributed by atoms with Gasteiger partial charge in [-0.2, -0.15) is 0 Å². The van der Waals surface area contributed by atoms with Gasteiger partial charge in [-0.1, -0.05) is 12.1 Å². The maximum Gasteiger partial charge on any atom is 0.266 e. The Morgan fingerprint density at radius 1 is 1.18 bits per heavy atom. The summed E-state index contributed by atoms with van der Waals surface area (Å²) in [7, 11) is 0. The number of rotatable bonds is 2. The summed E-state index contributed by atoms with van der Waals surface area (Å²) < 4.78 is 25.9. The Labute approximate surface area is 112 Å². The van der Waals surface area contributed by atoms with E-state index in [0.29, 0.717) is 13.1 Å². The third-order valence-electron chi connectivity index (χ3n) is 2.71. The van der Waals surface area contributed by atoms with Crippen molar-refractivity contribution in [3.8, 4) is 0 Å². The summed E-state index contributed by atoms with van der Waals surface area (Å²) >= 11 is 0. The fourth-order valence-electron chi connectivity index (χ4n) is 1.80. The van der Waals surface area contributed by atoms with E-state index in [1.54, 1.807) is 4.90 Å². The Balaban J connectivity index is 0.00000128. The summed E-state index contributed by atoms with van der Waals surface area (Å²) in [5.41, 5.74) is 7.33. The number of nitrogens with zero attached hydrogens (tertiary/aromatic N) is 1. The number of hydrogen-bond donors (Lipinski definition) is 1. The molecular formula is C11H16Cl2F2N2. The van der Waals surface area contributed by atoms with Crippen LogP contribution in [0.5, 0.6) is 0 Å². The summed E-state index contributed by atoms with van der Waals surface area (Å²) in [6.45, 7) is 0.736. The monoisotopic (exact) mass is 284 g/mol. The van der Waals surface area contributed by atoms with E-state index < -0.39 is 5.92 Å². The van der Waals surface area contributed by atoms with Gasteiger partial charge < -0.3 is 10.6 Å². The predicted octanol–water partition coefficient (Wildman–Crippen LogP) is 2.83. The van der Waals surface area contributed by atoms with E-state index in [0.717, 1.165) is 11.3 Å². The molecule has 2 nitrogen and oxygen atoms in total. The third kappa shape index (κ3) is 3.98. The Kier molecular flexibility index (Phi) is 6.16. The summed E-state index contributed by atoms with van der Waals surface area (Å²) in [5.74, 6) is -2.54. The van der Waals surface area contributed by atoms with Crippen LogP contribution >= 0.6 is 24.8 Å². The maximum atomic E-state index is 13.0. The van der Waals surface area contributed by atoms with Crippen LogP contribution in [-0.4, -0.2) is 19.0 Å². The van der Waals surface area contributed by atoms with Crippen molar-refractivity contribution in [2.75, 3.05) is 18.0 Å². The maximum absolute atomic E-state index is 13.0. The Hall–Kier alpha value is -0.580. The highest BCUT2D eigenvalue weighted by molar-refractivity contribution is 5.85. The smallest absolute Gasteiger partial charge is 0.266 e. The van der Waals surface area contributed by atoms with Crippen molar-refractivity contribution >= 4 is 30.5 Å². The molecule has 1 aliphatic heterocycles. The average Bonchev–Trinajstić information content (AvgIpc) is 2.59. The molecule has 0 aromatic heterocycles. The van der Waals surface area contributed by atoms with Gasteiger partial charge in [0.05, 0.1) is 6.54 Å². The van der Waals surface area contributed by atoms with Crippen LogP contribution in [0.15, 0.2) is 24.3 Å². The highest BCUT2D eigenvalue weighted by Gasteiger charge is 2.38. The Bertz CT molecular complexity index is 344. The van der Waals surface area contributed by atoms with E-state index in [-0.39, 0.29) is 37.8 Å². The van der Waals surface area contributed by atoms with Gasteiger partial charge >= 0.3 is 0 Å². The molecule has 0 radical (unpaired) electrons. The predicted molar refractivity (Wildman–Crippen MR) is 70.6 cm³/mol. The second kappa shape index (κ2) is 6.38. The second-order valence-electron chi connectivity index (χ2n) is 3.90. The molecule has 0 aliphatic carbocycles. The molecule has 0 amide bonds. The van der Waals surface area contributed by atoms with E-state index in [4.69, 9.17) is 5.73 Å². The minimum atomic E-state index is -2.54. The van der Waals surface area contributed by atoms with E-state index >= 15 is 0 Å². The standard InChI is InChI=1S/C11H14F2N2.2ClH/c12-11(13)5-6-15(8-11)10-3-1-9(7-14)2-4-10;;/h1-4H,5-8,14H2;2*1H. The van der Waals surface area contributed by atoms with Crippen LogP contribution in [0.4, 0.5) is 14.5 Å². The highest BCUT2D eigenvalue weighted by Crippen LogP contribution is 2.30. The molecule has 1 heterocycles. The van der Waals surface area contributed by atoms with Gasteiger partial charge in [-0.3, -0.25) is 0 Å². The first-order chi connectivity index (χ1) is 7.11. The van der Waals surface area contributed by atoms with Crippen LogP contribution in [0.25, 0.3) is 0 Å². The molecule has 1 aromatic rings.